The highest BCUT2D eigenvalue weighted by atomic mass is 32.1. The van der Waals surface area contributed by atoms with E-state index in [-0.39, 0.29) is 5.91 Å². The zero-order chi connectivity index (χ0) is 15.1. The quantitative estimate of drug-likeness (QED) is 0.758. The van der Waals surface area contributed by atoms with E-state index in [9.17, 15) is 9.59 Å². The van der Waals surface area contributed by atoms with E-state index >= 15 is 0 Å². The van der Waals surface area contributed by atoms with Crippen LogP contribution in [-0.2, 0) is 17.8 Å². The van der Waals surface area contributed by atoms with Crippen LogP contribution in [-0.4, -0.2) is 18.0 Å². The first-order chi connectivity index (χ1) is 10.1. The number of nitrogens with one attached hydrogen (secondary N) is 2. The number of hydrogen-bond acceptors (Lipinski definition) is 3. The molecular weight excluding hydrogens is 286 g/mol. The zero-order valence-electron chi connectivity index (χ0n) is 11.4. The Kier molecular flexibility index (Phi) is 5.34. The number of nitrogens with two attached hydrogens (primary N) is 1. The van der Waals surface area contributed by atoms with Crippen LogP contribution in [0.5, 0.6) is 0 Å². The molecule has 0 aliphatic carbocycles. The van der Waals surface area contributed by atoms with E-state index in [1.54, 1.807) is 11.3 Å². The van der Waals surface area contributed by atoms with Gasteiger partial charge in [-0.1, -0.05) is 36.4 Å². The number of hydrogen-bond donors (Lipinski definition) is 3. The van der Waals surface area contributed by atoms with E-state index in [1.165, 1.54) is 0 Å². The Morgan fingerprint density at radius 1 is 1.14 bits per heavy atom. The van der Waals surface area contributed by atoms with Gasteiger partial charge in [-0.2, -0.15) is 0 Å². The van der Waals surface area contributed by atoms with Gasteiger partial charge in [0.2, 0.25) is 5.91 Å². The van der Waals surface area contributed by atoms with Crippen molar-refractivity contribution in [1.82, 2.24) is 10.6 Å². The Bertz CT molecular complexity index is 584. The molecule has 1 aromatic heterocycles. The first-order valence-electron chi connectivity index (χ1n) is 6.55. The fourth-order valence-corrected chi connectivity index (χ4v) is 2.59. The predicted octanol–water partition coefficient (Wildman–Crippen LogP) is 1.64. The largest absolute Gasteiger partial charge is 0.352 e. The van der Waals surface area contributed by atoms with Crippen LogP contribution in [0.2, 0.25) is 0 Å². The van der Waals surface area contributed by atoms with Crippen LogP contribution in [0, 0.1) is 0 Å². The maximum atomic E-state index is 12.2. The molecule has 3 amide bonds. The van der Waals surface area contributed by atoms with Gasteiger partial charge in [0.05, 0.1) is 6.54 Å². The lowest BCUT2D eigenvalue weighted by Crippen LogP contribution is -2.49. The van der Waals surface area contributed by atoms with E-state index in [2.05, 4.69) is 10.6 Å². The minimum absolute atomic E-state index is 0.244. The van der Waals surface area contributed by atoms with Gasteiger partial charge >= 0.3 is 6.03 Å². The van der Waals surface area contributed by atoms with Crippen molar-refractivity contribution >= 4 is 23.3 Å². The normalized spacial score (nSPS) is 11.6. The minimum Gasteiger partial charge on any atom is -0.352 e. The molecule has 0 bridgehead atoms. The number of urea groups is 1. The fraction of sp³-hybridized carbons (Fsp3) is 0.200. The van der Waals surface area contributed by atoms with Gasteiger partial charge in [0.25, 0.3) is 0 Å². The first kappa shape index (κ1) is 15.1. The minimum atomic E-state index is -0.706. The van der Waals surface area contributed by atoms with Crippen LogP contribution in [0.3, 0.4) is 0 Å². The second-order valence-electron chi connectivity index (χ2n) is 4.55. The molecule has 6 heteroatoms. The van der Waals surface area contributed by atoms with E-state index in [0.717, 1.165) is 10.4 Å². The van der Waals surface area contributed by atoms with Gasteiger partial charge in [-0.25, -0.2) is 4.79 Å². The van der Waals surface area contributed by atoms with Crippen molar-refractivity contribution in [3.05, 3.63) is 58.3 Å². The van der Waals surface area contributed by atoms with E-state index in [4.69, 9.17) is 5.73 Å². The Morgan fingerprint density at radius 3 is 2.52 bits per heavy atom. The van der Waals surface area contributed by atoms with Crippen LogP contribution in [0.1, 0.15) is 10.4 Å². The molecule has 2 rings (SSSR count). The van der Waals surface area contributed by atoms with Gasteiger partial charge in [-0.3, -0.25) is 4.79 Å². The second-order valence-corrected chi connectivity index (χ2v) is 5.58. The fourth-order valence-electron chi connectivity index (χ4n) is 1.94. The third kappa shape index (κ3) is 4.92. The summed E-state index contributed by atoms with van der Waals surface area (Å²) in [7, 11) is 0. The third-order valence-electron chi connectivity index (χ3n) is 2.93. The molecule has 4 N–H and O–H groups in total. The molecule has 0 aliphatic heterocycles. The average Bonchev–Trinajstić information content (AvgIpc) is 2.98. The predicted molar refractivity (Wildman–Crippen MR) is 82.8 cm³/mol. The van der Waals surface area contributed by atoms with Gasteiger partial charge in [-0.15, -0.1) is 11.3 Å². The standard InChI is InChI=1S/C15H17N3O2S/c16-15(20)18-13(9-11-5-2-1-3-6-11)14(19)17-10-12-7-4-8-21-12/h1-8,13H,9-10H2,(H,17,19)(H3,16,18,20). The average molecular weight is 303 g/mol. The van der Waals surface area contributed by atoms with Crippen LogP contribution in [0.4, 0.5) is 4.79 Å². The zero-order valence-corrected chi connectivity index (χ0v) is 12.2. The third-order valence-corrected chi connectivity index (χ3v) is 3.81. The molecule has 1 aromatic carbocycles. The summed E-state index contributed by atoms with van der Waals surface area (Å²) in [6.07, 6.45) is 0.403. The summed E-state index contributed by atoms with van der Waals surface area (Å²) >= 11 is 1.57. The highest BCUT2D eigenvalue weighted by Gasteiger charge is 2.20. The number of benzene rings is 1. The molecule has 0 saturated carbocycles. The van der Waals surface area contributed by atoms with Crippen LogP contribution < -0.4 is 16.4 Å². The highest BCUT2D eigenvalue weighted by Crippen LogP contribution is 2.08. The van der Waals surface area contributed by atoms with E-state index in [1.807, 2.05) is 47.8 Å². The molecule has 1 unspecified atom stereocenters. The van der Waals surface area contributed by atoms with Crippen molar-refractivity contribution < 1.29 is 9.59 Å². The second kappa shape index (κ2) is 7.44. The molecule has 0 spiro atoms. The summed E-state index contributed by atoms with van der Waals surface area (Å²) in [4.78, 5) is 24.3. The summed E-state index contributed by atoms with van der Waals surface area (Å²) in [6, 6.07) is 12.0. The Labute approximate surface area is 127 Å². The van der Waals surface area contributed by atoms with Crippen LogP contribution in [0.25, 0.3) is 0 Å². The van der Waals surface area contributed by atoms with Gasteiger partial charge in [0.15, 0.2) is 0 Å². The molecule has 0 saturated heterocycles. The number of carbonyl (C=O) groups excluding carboxylic acids is 2. The number of primary amides is 1. The lowest BCUT2D eigenvalue weighted by molar-refractivity contribution is -0.123. The summed E-state index contributed by atoms with van der Waals surface area (Å²) in [5.41, 5.74) is 6.11. The molecule has 0 radical (unpaired) electrons. The van der Waals surface area contributed by atoms with Crippen molar-refractivity contribution in [1.29, 1.82) is 0 Å². The monoisotopic (exact) mass is 303 g/mol. The Morgan fingerprint density at radius 2 is 1.90 bits per heavy atom. The van der Waals surface area contributed by atoms with Crippen molar-refractivity contribution in [3.63, 3.8) is 0 Å². The molecule has 5 nitrogen and oxygen atoms in total. The lowest BCUT2D eigenvalue weighted by Gasteiger charge is -2.17. The summed E-state index contributed by atoms with van der Waals surface area (Å²) in [5, 5.41) is 7.25. The van der Waals surface area contributed by atoms with Gasteiger partial charge < -0.3 is 16.4 Å². The molecule has 0 fully saturated rings. The van der Waals surface area contributed by atoms with E-state index < -0.39 is 12.1 Å². The van der Waals surface area contributed by atoms with Crippen LogP contribution in [0.15, 0.2) is 47.8 Å². The number of amides is 3. The van der Waals surface area contributed by atoms with Gasteiger partial charge in [0.1, 0.15) is 6.04 Å². The molecule has 2 aromatic rings. The van der Waals surface area contributed by atoms with Crippen molar-refractivity contribution in [2.24, 2.45) is 5.73 Å². The summed E-state index contributed by atoms with van der Waals surface area (Å²) in [6.45, 7) is 0.447. The van der Waals surface area contributed by atoms with Crippen molar-refractivity contribution in [2.45, 2.75) is 19.0 Å². The van der Waals surface area contributed by atoms with Crippen molar-refractivity contribution in [3.8, 4) is 0 Å². The maximum absolute atomic E-state index is 12.2. The summed E-state index contributed by atoms with van der Waals surface area (Å²) in [5.74, 6) is -0.244. The lowest BCUT2D eigenvalue weighted by atomic mass is 10.1. The molecule has 1 heterocycles. The molecule has 110 valence electrons. The number of thiophene rings is 1. The number of carbonyl (C=O) groups is 2. The van der Waals surface area contributed by atoms with Crippen LogP contribution >= 0.6 is 11.3 Å². The summed E-state index contributed by atoms with van der Waals surface area (Å²) < 4.78 is 0. The Hall–Kier alpha value is -2.34. The first-order valence-corrected chi connectivity index (χ1v) is 7.43. The van der Waals surface area contributed by atoms with E-state index in [0.29, 0.717) is 13.0 Å². The molecular formula is C15H17N3O2S. The SMILES string of the molecule is NC(=O)NC(Cc1ccccc1)C(=O)NCc1cccs1. The number of rotatable bonds is 6. The molecule has 21 heavy (non-hydrogen) atoms. The smallest absolute Gasteiger partial charge is 0.312 e. The maximum Gasteiger partial charge on any atom is 0.312 e. The molecule has 0 aliphatic rings. The van der Waals surface area contributed by atoms with Gasteiger partial charge in [-0.05, 0) is 17.0 Å². The molecule has 1 atom stereocenters. The van der Waals surface area contributed by atoms with Crippen molar-refractivity contribution in [2.75, 3.05) is 0 Å². The Balaban J connectivity index is 1.97. The highest BCUT2D eigenvalue weighted by molar-refractivity contribution is 7.09. The topological polar surface area (TPSA) is 84.2 Å². The van der Waals surface area contributed by atoms with Gasteiger partial charge in [0, 0.05) is 11.3 Å².